The van der Waals surface area contributed by atoms with E-state index >= 15 is 0 Å². The van der Waals surface area contributed by atoms with Crippen LogP contribution in [0.3, 0.4) is 0 Å². The first-order chi connectivity index (χ1) is 9.15. The third kappa shape index (κ3) is 5.85. The highest BCUT2D eigenvalue weighted by Crippen LogP contribution is 2.17. The molecule has 0 fully saturated rings. The second-order valence-electron chi connectivity index (χ2n) is 4.17. The summed E-state index contributed by atoms with van der Waals surface area (Å²) in [6, 6.07) is 1.88. The summed E-state index contributed by atoms with van der Waals surface area (Å²) in [7, 11) is 1.60. The van der Waals surface area contributed by atoms with Gasteiger partial charge in [-0.15, -0.1) is 11.3 Å². The van der Waals surface area contributed by atoms with Gasteiger partial charge in [-0.25, -0.2) is 0 Å². The third-order valence-corrected chi connectivity index (χ3v) is 3.56. The Morgan fingerprint density at radius 2 is 2.16 bits per heavy atom. The molecule has 1 aromatic rings. The number of ether oxygens (including phenoxy) is 1. The number of methoxy groups -OCH3 is 1. The molecule has 1 heterocycles. The molecule has 0 atom stereocenters. The average Bonchev–Trinajstić information content (AvgIpc) is 2.81. The second-order valence-corrected chi connectivity index (χ2v) is 5.08. The number of hydrogen-bond acceptors (Lipinski definition) is 4. The summed E-state index contributed by atoms with van der Waals surface area (Å²) in [6.07, 6.45) is 2.45. The lowest BCUT2D eigenvalue weighted by molar-refractivity contribution is -0.137. The molecule has 0 aromatic carbocycles. The minimum absolute atomic E-state index is 0.0831. The van der Waals surface area contributed by atoms with Gasteiger partial charge in [0, 0.05) is 25.6 Å². The van der Waals surface area contributed by atoms with E-state index in [1.165, 1.54) is 11.3 Å². The zero-order valence-electron chi connectivity index (χ0n) is 11.0. The standard InChI is InChI=1S/C13H19NO4S/c1-18-9-10-6-8-19-12(10)13(17)14-7-4-2-3-5-11(15)16/h6,8H,2-5,7,9H2,1H3,(H,14,17)(H,15,16). The molecule has 1 amide bonds. The Balaban J connectivity index is 2.23. The van der Waals surface area contributed by atoms with Gasteiger partial charge in [-0.1, -0.05) is 6.42 Å². The molecule has 0 unspecified atom stereocenters. The maximum absolute atomic E-state index is 11.9. The van der Waals surface area contributed by atoms with Crippen molar-refractivity contribution in [2.24, 2.45) is 0 Å². The summed E-state index contributed by atoms with van der Waals surface area (Å²) in [5, 5.41) is 13.2. The van der Waals surface area contributed by atoms with Crippen LogP contribution in [0.25, 0.3) is 0 Å². The van der Waals surface area contributed by atoms with E-state index in [1.54, 1.807) is 7.11 Å². The largest absolute Gasteiger partial charge is 0.481 e. The molecule has 0 radical (unpaired) electrons. The summed E-state index contributed by atoms with van der Waals surface area (Å²) in [5.41, 5.74) is 0.899. The van der Waals surface area contributed by atoms with E-state index in [-0.39, 0.29) is 12.3 Å². The van der Waals surface area contributed by atoms with Gasteiger partial charge in [-0.05, 0) is 24.3 Å². The molecule has 5 nitrogen and oxygen atoms in total. The molecule has 19 heavy (non-hydrogen) atoms. The molecule has 0 aliphatic heterocycles. The maximum atomic E-state index is 11.9. The summed E-state index contributed by atoms with van der Waals surface area (Å²) < 4.78 is 5.03. The molecule has 2 N–H and O–H groups in total. The SMILES string of the molecule is COCc1ccsc1C(=O)NCCCCCC(=O)O. The number of thiophene rings is 1. The van der Waals surface area contributed by atoms with Crippen LogP contribution in [0.1, 0.15) is 40.9 Å². The first-order valence-corrected chi connectivity index (χ1v) is 7.08. The Morgan fingerprint density at radius 3 is 2.84 bits per heavy atom. The van der Waals surface area contributed by atoms with Crippen molar-refractivity contribution in [3.05, 3.63) is 21.9 Å². The molecule has 0 bridgehead atoms. The first kappa shape index (κ1) is 15.7. The molecule has 0 spiro atoms. The molecule has 1 aromatic heterocycles. The minimum Gasteiger partial charge on any atom is -0.481 e. The number of carbonyl (C=O) groups is 2. The zero-order valence-corrected chi connectivity index (χ0v) is 11.8. The topological polar surface area (TPSA) is 75.6 Å². The quantitative estimate of drug-likeness (QED) is 0.682. The highest BCUT2D eigenvalue weighted by atomic mass is 32.1. The van der Waals surface area contributed by atoms with Gasteiger partial charge in [-0.2, -0.15) is 0 Å². The monoisotopic (exact) mass is 285 g/mol. The van der Waals surface area contributed by atoms with Gasteiger partial charge < -0.3 is 15.2 Å². The highest BCUT2D eigenvalue weighted by molar-refractivity contribution is 7.12. The van der Waals surface area contributed by atoms with Crippen molar-refractivity contribution < 1.29 is 19.4 Å². The third-order valence-electron chi connectivity index (χ3n) is 2.61. The van der Waals surface area contributed by atoms with Crippen molar-refractivity contribution in [1.82, 2.24) is 5.32 Å². The highest BCUT2D eigenvalue weighted by Gasteiger charge is 2.12. The van der Waals surface area contributed by atoms with E-state index in [9.17, 15) is 9.59 Å². The van der Waals surface area contributed by atoms with Gasteiger partial charge in [0.15, 0.2) is 0 Å². The average molecular weight is 285 g/mol. The van der Waals surface area contributed by atoms with Crippen molar-refractivity contribution in [3.63, 3.8) is 0 Å². The summed E-state index contributed by atoms with van der Waals surface area (Å²) in [6.45, 7) is 1.01. The first-order valence-electron chi connectivity index (χ1n) is 6.20. The van der Waals surface area contributed by atoms with E-state index in [1.807, 2.05) is 11.4 Å². The molecular weight excluding hydrogens is 266 g/mol. The van der Waals surface area contributed by atoms with Gasteiger partial charge in [0.05, 0.1) is 11.5 Å². The molecule has 1 rings (SSSR count). The smallest absolute Gasteiger partial charge is 0.303 e. The minimum atomic E-state index is -0.771. The van der Waals surface area contributed by atoms with Crippen molar-refractivity contribution >= 4 is 23.2 Å². The van der Waals surface area contributed by atoms with Crippen molar-refractivity contribution in [2.45, 2.75) is 32.3 Å². The number of hydrogen-bond donors (Lipinski definition) is 2. The zero-order chi connectivity index (χ0) is 14.1. The molecule has 0 saturated carbocycles. The number of nitrogens with one attached hydrogen (secondary N) is 1. The van der Waals surface area contributed by atoms with Gasteiger partial charge in [0.1, 0.15) is 0 Å². The van der Waals surface area contributed by atoms with Crippen molar-refractivity contribution in [2.75, 3.05) is 13.7 Å². The molecule has 0 aliphatic rings. The van der Waals surface area contributed by atoms with E-state index < -0.39 is 5.97 Å². The fourth-order valence-corrected chi connectivity index (χ4v) is 2.49. The summed E-state index contributed by atoms with van der Waals surface area (Å²) in [5.74, 6) is -0.855. The Bertz CT molecular complexity index is 417. The number of carboxylic acids is 1. The van der Waals surface area contributed by atoms with Crippen LogP contribution in [0.4, 0.5) is 0 Å². The fraction of sp³-hybridized carbons (Fsp3) is 0.538. The normalized spacial score (nSPS) is 10.4. The van der Waals surface area contributed by atoms with Gasteiger partial charge >= 0.3 is 5.97 Å². The number of amides is 1. The van der Waals surface area contributed by atoms with Crippen molar-refractivity contribution in [1.29, 1.82) is 0 Å². The number of rotatable bonds is 9. The molecule has 6 heteroatoms. The number of carboxylic acid groups (broad SMARTS) is 1. The molecule has 0 aliphatic carbocycles. The van der Waals surface area contributed by atoms with Crippen LogP contribution in [-0.4, -0.2) is 30.6 Å². The van der Waals surface area contributed by atoms with Gasteiger partial charge in [0.2, 0.25) is 0 Å². The number of carbonyl (C=O) groups excluding carboxylic acids is 1. The fourth-order valence-electron chi connectivity index (χ4n) is 1.66. The lowest BCUT2D eigenvalue weighted by atomic mass is 10.2. The summed E-state index contributed by atoms with van der Waals surface area (Å²) >= 11 is 1.40. The van der Waals surface area contributed by atoms with E-state index in [4.69, 9.17) is 9.84 Å². The Labute approximate surface area is 116 Å². The Hall–Kier alpha value is -1.40. The van der Waals surface area contributed by atoms with Gasteiger partial charge in [0.25, 0.3) is 5.91 Å². The van der Waals surface area contributed by atoms with Crippen LogP contribution in [0, 0.1) is 0 Å². The lowest BCUT2D eigenvalue weighted by Crippen LogP contribution is -2.24. The van der Waals surface area contributed by atoms with E-state index in [0.29, 0.717) is 24.4 Å². The lowest BCUT2D eigenvalue weighted by Gasteiger charge is -2.05. The second kappa shape index (κ2) is 8.66. The number of unbranched alkanes of at least 4 members (excludes halogenated alkanes) is 2. The maximum Gasteiger partial charge on any atom is 0.303 e. The number of aliphatic carboxylic acids is 1. The van der Waals surface area contributed by atoms with Crippen LogP contribution in [0.2, 0.25) is 0 Å². The molecule has 0 saturated heterocycles. The van der Waals surface area contributed by atoms with Crippen LogP contribution in [-0.2, 0) is 16.1 Å². The van der Waals surface area contributed by atoms with Gasteiger partial charge in [-0.3, -0.25) is 9.59 Å². The molecular formula is C13H19NO4S. The van der Waals surface area contributed by atoms with Crippen LogP contribution in [0.15, 0.2) is 11.4 Å². The van der Waals surface area contributed by atoms with E-state index in [2.05, 4.69) is 5.32 Å². The van der Waals surface area contributed by atoms with Crippen LogP contribution < -0.4 is 5.32 Å². The predicted octanol–water partition coefficient (Wildman–Crippen LogP) is 2.27. The Kier molecular flexibility index (Phi) is 7.14. The molecule has 106 valence electrons. The Morgan fingerprint density at radius 1 is 1.37 bits per heavy atom. The van der Waals surface area contributed by atoms with E-state index in [0.717, 1.165) is 18.4 Å². The van der Waals surface area contributed by atoms with Crippen LogP contribution >= 0.6 is 11.3 Å². The summed E-state index contributed by atoms with van der Waals surface area (Å²) in [4.78, 5) is 22.9. The van der Waals surface area contributed by atoms with Crippen molar-refractivity contribution in [3.8, 4) is 0 Å². The predicted molar refractivity (Wildman–Crippen MR) is 73.5 cm³/mol. The van der Waals surface area contributed by atoms with Crippen LogP contribution in [0.5, 0.6) is 0 Å².